The van der Waals surface area contributed by atoms with Gasteiger partial charge in [0.2, 0.25) is 0 Å². The van der Waals surface area contributed by atoms with Crippen molar-refractivity contribution in [2.45, 2.75) is 11.8 Å². The summed E-state index contributed by atoms with van der Waals surface area (Å²) >= 11 is 4.63. The minimum atomic E-state index is -0.382. The monoisotopic (exact) mass is 142 g/mol. The van der Waals surface area contributed by atoms with Crippen LogP contribution < -0.4 is 0 Å². The Labute approximate surface area is 58.3 Å². The largest absolute Gasteiger partial charge is 0.777 e. The fourth-order valence-electron chi connectivity index (χ4n) is 0.525. The molecule has 1 nitrogen and oxygen atoms in total. The quantitative estimate of drug-likeness (QED) is 0.508. The number of halogens is 1. The summed E-state index contributed by atoms with van der Waals surface area (Å²) in [6.07, 6.45) is 1.50. The van der Waals surface area contributed by atoms with Crippen molar-refractivity contribution >= 4 is 12.6 Å². The summed E-state index contributed by atoms with van der Waals surface area (Å²) in [5.41, 5.74) is 0.363. The number of aryl methyl sites for hydroxylation is 1. The molecule has 3 heteroatoms. The molecule has 0 bridgehead atoms. The van der Waals surface area contributed by atoms with E-state index in [1.165, 1.54) is 12.3 Å². The normalized spacial score (nSPS) is 9.56. The molecule has 0 fully saturated rings. The summed E-state index contributed by atoms with van der Waals surface area (Å²) < 4.78 is 12.6. The van der Waals surface area contributed by atoms with Gasteiger partial charge < -0.3 is 12.6 Å². The van der Waals surface area contributed by atoms with E-state index in [0.29, 0.717) is 5.69 Å². The van der Waals surface area contributed by atoms with Crippen LogP contribution in [0, 0.1) is 12.7 Å². The zero-order chi connectivity index (χ0) is 6.85. The molecule has 48 valence electrons. The molecule has 0 aliphatic heterocycles. The lowest BCUT2D eigenvalue weighted by Gasteiger charge is -2.06. The summed E-state index contributed by atoms with van der Waals surface area (Å²) in [4.78, 5) is 3.94. The minimum absolute atomic E-state index is 0.238. The molecule has 1 aromatic rings. The highest BCUT2D eigenvalue weighted by Crippen LogP contribution is 2.06. The van der Waals surface area contributed by atoms with Gasteiger partial charge in [0.15, 0.2) is 0 Å². The van der Waals surface area contributed by atoms with Gasteiger partial charge in [0.1, 0.15) is 5.82 Å². The van der Waals surface area contributed by atoms with Gasteiger partial charge in [-0.1, -0.05) is 6.07 Å². The van der Waals surface area contributed by atoms with Crippen molar-refractivity contribution in [3.8, 4) is 0 Å². The van der Waals surface area contributed by atoms with Gasteiger partial charge in [-0.3, -0.25) is 4.98 Å². The molecular formula is C6H5FNS-. The van der Waals surface area contributed by atoms with Crippen LogP contribution in [0.5, 0.6) is 0 Å². The van der Waals surface area contributed by atoms with Crippen LogP contribution in [0.15, 0.2) is 17.2 Å². The van der Waals surface area contributed by atoms with Gasteiger partial charge in [-0.25, -0.2) is 4.39 Å². The Morgan fingerprint density at radius 3 is 2.78 bits per heavy atom. The van der Waals surface area contributed by atoms with Crippen LogP contribution in [-0.4, -0.2) is 4.98 Å². The zero-order valence-electron chi connectivity index (χ0n) is 4.89. The van der Waals surface area contributed by atoms with Crippen LogP contribution in [0.1, 0.15) is 5.69 Å². The maximum Gasteiger partial charge on any atom is 0.125 e. The van der Waals surface area contributed by atoms with Gasteiger partial charge in [-0.15, -0.1) is 4.90 Å². The number of hydrogen-bond donors (Lipinski definition) is 0. The Balaban J connectivity index is 3.25. The van der Waals surface area contributed by atoms with Crippen molar-refractivity contribution in [3.05, 3.63) is 23.8 Å². The summed E-state index contributed by atoms with van der Waals surface area (Å²) in [6, 6.07) is 1.47. The van der Waals surface area contributed by atoms with Gasteiger partial charge in [0.05, 0.1) is 5.69 Å². The summed E-state index contributed by atoms with van der Waals surface area (Å²) in [5.74, 6) is -0.382. The average molecular weight is 142 g/mol. The first-order valence-corrected chi connectivity index (χ1v) is 2.91. The molecule has 0 aliphatic rings. The van der Waals surface area contributed by atoms with Crippen molar-refractivity contribution in [3.63, 3.8) is 0 Å². The van der Waals surface area contributed by atoms with Crippen molar-refractivity contribution in [1.82, 2.24) is 4.98 Å². The van der Waals surface area contributed by atoms with Gasteiger partial charge in [-0.05, 0) is 6.92 Å². The second kappa shape index (κ2) is 2.27. The van der Waals surface area contributed by atoms with Crippen molar-refractivity contribution in [1.29, 1.82) is 0 Å². The lowest BCUT2D eigenvalue weighted by molar-refractivity contribution is 0.584. The fraction of sp³-hybridized carbons (Fsp3) is 0.167. The average Bonchev–Trinajstić information content (AvgIpc) is 1.83. The minimum Gasteiger partial charge on any atom is -0.777 e. The number of pyridine rings is 1. The molecule has 0 aromatic carbocycles. The predicted octanol–water partition coefficient (Wildman–Crippen LogP) is 1.43. The van der Waals surface area contributed by atoms with Crippen LogP contribution >= 0.6 is 0 Å². The van der Waals surface area contributed by atoms with E-state index in [0.717, 1.165) is 0 Å². The van der Waals surface area contributed by atoms with Gasteiger partial charge in [0.25, 0.3) is 0 Å². The smallest absolute Gasteiger partial charge is 0.125 e. The first-order chi connectivity index (χ1) is 4.22. The Hall–Kier alpha value is -0.700. The fourth-order valence-corrected chi connectivity index (χ4v) is 0.733. The van der Waals surface area contributed by atoms with E-state index in [4.69, 9.17) is 0 Å². The molecule has 1 aromatic heterocycles. The standard InChI is InChI=1S/C6H6FNS/c1-4-6(7)5(9)2-3-8-4/h2-3H,1H3,(H,8,9)/p-1. The number of aromatic nitrogens is 1. The molecule has 1 rings (SSSR count). The van der Waals surface area contributed by atoms with Gasteiger partial charge in [0, 0.05) is 6.20 Å². The lowest BCUT2D eigenvalue weighted by Crippen LogP contribution is -1.88. The highest BCUT2D eigenvalue weighted by atomic mass is 32.1. The molecule has 0 radical (unpaired) electrons. The van der Waals surface area contributed by atoms with Crippen LogP contribution in [0.4, 0.5) is 4.39 Å². The summed E-state index contributed by atoms with van der Waals surface area (Å²) in [5, 5.41) is 0. The Kier molecular flexibility index (Phi) is 1.62. The summed E-state index contributed by atoms with van der Waals surface area (Å²) in [6.45, 7) is 1.59. The molecule has 0 saturated carbocycles. The third-order valence-corrected chi connectivity index (χ3v) is 1.34. The van der Waals surface area contributed by atoms with Crippen molar-refractivity contribution in [2.75, 3.05) is 0 Å². The molecule has 1 heterocycles. The molecule has 0 unspecified atom stereocenters. The van der Waals surface area contributed by atoms with Crippen molar-refractivity contribution in [2.24, 2.45) is 0 Å². The SMILES string of the molecule is Cc1nccc([S-])c1F. The predicted molar refractivity (Wildman–Crippen MR) is 34.6 cm³/mol. The maximum absolute atomic E-state index is 12.6. The highest BCUT2D eigenvalue weighted by molar-refractivity contribution is 7.58. The van der Waals surface area contributed by atoms with Crippen molar-refractivity contribution < 1.29 is 4.39 Å². The van der Waals surface area contributed by atoms with Crippen LogP contribution in [0.2, 0.25) is 0 Å². The summed E-state index contributed by atoms with van der Waals surface area (Å²) in [7, 11) is 0. The molecule has 0 aliphatic carbocycles. The Bertz CT molecular complexity index is 204. The molecular weight excluding hydrogens is 137 g/mol. The number of rotatable bonds is 0. The first-order valence-electron chi connectivity index (χ1n) is 2.50. The van der Waals surface area contributed by atoms with E-state index >= 15 is 0 Å². The first kappa shape index (κ1) is 6.42. The topological polar surface area (TPSA) is 12.9 Å². The number of nitrogens with zero attached hydrogens (tertiary/aromatic N) is 1. The van der Waals surface area contributed by atoms with Gasteiger partial charge in [-0.2, -0.15) is 0 Å². The highest BCUT2D eigenvalue weighted by Gasteiger charge is 1.93. The Morgan fingerprint density at radius 1 is 1.67 bits per heavy atom. The van der Waals surface area contributed by atoms with E-state index in [2.05, 4.69) is 17.6 Å². The second-order valence-electron chi connectivity index (χ2n) is 1.71. The van der Waals surface area contributed by atoms with Gasteiger partial charge >= 0.3 is 0 Å². The van der Waals surface area contributed by atoms with E-state index in [-0.39, 0.29) is 10.7 Å². The lowest BCUT2D eigenvalue weighted by atomic mass is 10.4. The molecule has 0 amide bonds. The zero-order valence-corrected chi connectivity index (χ0v) is 5.70. The molecule has 0 atom stereocenters. The molecule has 0 N–H and O–H groups in total. The van der Waals surface area contributed by atoms with Crippen LogP contribution in [0.25, 0.3) is 0 Å². The Morgan fingerprint density at radius 2 is 2.33 bits per heavy atom. The third-order valence-electron chi connectivity index (χ3n) is 1.03. The van der Waals surface area contributed by atoms with Crippen LogP contribution in [-0.2, 0) is 12.6 Å². The number of hydrogen-bond acceptors (Lipinski definition) is 2. The molecule has 0 saturated heterocycles. The maximum atomic E-state index is 12.6. The molecule has 0 spiro atoms. The van der Waals surface area contributed by atoms with E-state index in [1.54, 1.807) is 6.92 Å². The van der Waals surface area contributed by atoms with E-state index in [9.17, 15) is 4.39 Å². The third kappa shape index (κ3) is 1.16. The van der Waals surface area contributed by atoms with E-state index in [1.807, 2.05) is 0 Å². The van der Waals surface area contributed by atoms with E-state index < -0.39 is 0 Å². The van der Waals surface area contributed by atoms with Crippen LogP contribution in [0.3, 0.4) is 0 Å². The second-order valence-corrected chi connectivity index (χ2v) is 2.15. The molecule has 9 heavy (non-hydrogen) atoms.